The maximum atomic E-state index is 3.55. The van der Waals surface area contributed by atoms with E-state index in [0.29, 0.717) is 0 Å². The van der Waals surface area contributed by atoms with Gasteiger partial charge in [0.1, 0.15) is 0 Å². The third kappa shape index (κ3) is 8.83. The molecular weight excluding hydrogens is 255 g/mol. The normalized spacial score (nSPS) is 6.17. The number of hydrogen-bond acceptors (Lipinski definition) is 0. The van der Waals surface area contributed by atoms with Crippen LogP contribution >= 0.6 is 0 Å². The van der Waals surface area contributed by atoms with Gasteiger partial charge in [0.05, 0.1) is 0 Å². The fraction of sp³-hybridized carbons (Fsp3) is 0.600. The number of unbranched alkanes of at least 4 members (excludes halogenated alkanes) is 1. The molecule has 0 spiro atoms. The Morgan fingerprint density at radius 3 is 2.17 bits per heavy atom. The fourth-order valence-corrected chi connectivity index (χ4v) is 0.204. The molecule has 6 heavy (non-hydrogen) atoms. The molecule has 0 radical (unpaired) electrons. The Hall–Kier alpha value is 0.428. The predicted octanol–water partition coefficient (Wildman–Crippen LogP) is 1.97. The minimum Gasteiger partial charge on any atom is -0.103 e. The molecule has 0 aliphatic heterocycles. The molecule has 0 unspecified atom stereocenters. The standard InChI is InChI=1S/C5H10.Pt/c1-3-5-4-2;/h3H,1,4-5H2,2H3;. The van der Waals surface area contributed by atoms with Gasteiger partial charge >= 0.3 is 0 Å². The maximum Gasteiger partial charge on any atom is 0 e. The molecule has 0 bridgehead atoms. The van der Waals surface area contributed by atoms with Gasteiger partial charge in [0.25, 0.3) is 0 Å². The summed E-state index contributed by atoms with van der Waals surface area (Å²) in [6, 6.07) is 0. The van der Waals surface area contributed by atoms with Gasteiger partial charge in [-0.25, -0.2) is 0 Å². The molecule has 0 rings (SSSR count). The summed E-state index contributed by atoms with van der Waals surface area (Å²) >= 11 is 0. The summed E-state index contributed by atoms with van der Waals surface area (Å²) in [4.78, 5) is 0. The Morgan fingerprint density at radius 2 is 2.17 bits per heavy atom. The predicted molar refractivity (Wildman–Crippen MR) is 25.1 cm³/mol. The molecule has 0 N–H and O–H groups in total. The molecule has 0 saturated carbocycles. The first-order chi connectivity index (χ1) is 2.41. The summed E-state index contributed by atoms with van der Waals surface area (Å²) < 4.78 is 0. The van der Waals surface area contributed by atoms with Crippen molar-refractivity contribution in [1.82, 2.24) is 0 Å². The van der Waals surface area contributed by atoms with Gasteiger partial charge in [-0.15, -0.1) is 6.58 Å². The quantitative estimate of drug-likeness (QED) is 0.670. The largest absolute Gasteiger partial charge is 0.103 e. The van der Waals surface area contributed by atoms with Crippen LogP contribution in [0.15, 0.2) is 12.7 Å². The van der Waals surface area contributed by atoms with Crippen LogP contribution in [0.2, 0.25) is 0 Å². The fourth-order valence-electron chi connectivity index (χ4n) is 0.204. The summed E-state index contributed by atoms with van der Waals surface area (Å²) in [5, 5.41) is 0. The number of rotatable bonds is 2. The molecule has 0 aromatic heterocycles. The molecule has 0 aliphatic rings. The molecule has 0 fully saturated rings. The first kappa shape index (κ1) is 9.66. The van der Waals surface area contributed by atoms with Crippen LogP contribution < -0.4 is 0 Å². The zero-order valence-corrected chi connectivity index (χ0v) is 6.29. The number of hydrogen-bond donors (Lipinski definition) is 0. The van der Waals surface area contributed by atoms with Crippen LogP contribution in [0.25, 0.3) is 0 Å². The summed E-state index contributed by atoms with van der Waals surface area (Å²) in [7, 11) is 0. The van der Waals surface area contributed by atoms with Crippen molar-refractivity contribution < 1.29 is 21.1 Å². The van der Waals surface area contributed by atoms with Gasteiger partial charge < -0.3 is 0 Å². The molecule has 0 aliphatic carbocycles. The third-order valence-electron chi connectivity index (χ3n) is 0.493. The molecule has 0 nitrogen and oxygen atoms in total. The van der Waals surface area contributed by atoms with Gasteiger partial charge in [-0.05, 0) is 6.42 Å². The SMILES string of the molecule is C=CCCC.[Pt]. The van der Waals surface area contributed by atoms with Crippen LogP contribution in [-0.2, 0) is 21.1 Å². The van der Waals surface area contributed by atoms with Crippen LogP contribution in [0.3, 0.4) is 0 Å². The summed E-state index contributed by atoms with van der Waals surface area (Å²) in [6.45, 7) is 5.69. The topological polar surface area (TPSA) is 0 Å². The maximum absolute atomic E-state index is 3.55. The van der Waals surface area contributed by atoms with E-state index in [1.54, 1.807) is 0 Å². The Labute approximate surface area is 53.9 Å². The van der Waals surface area contributed by atoms with Crippen molar-refractivity contribution >= 4 is 0 Å². The molecule has 1 heteroatoms. The average Bonchev–Trinajstić information content (AvgIpc) is 1.41. The Bertz CT molecular complexity index is 25.1. The third-order valence-corrected chi connectivity index (χ3v) is 0.493. The van der Waals surface area contributed by atoms with Gasteiger partial charge in [-0.3, -0.25) is 0 Å². The van der Waals surface area contributed by atoms with Gasteiger partial charge in [-0.1, -0.05) is 19.4 Å². The molecule has 0 amide bonds. The molecule has 0 aromatic rings. The monoisotopic (exact) mass is 265 g/mol. The minimum absolute atomic E-state index is 0. The Balaban J connectivity index is 0. The molecule has 0 saturated heterocycles. The van der Waals surface area contributed by atoms with Crippen molar-refractivity contribution in [3.63, 3.8) is 0 Å². The van der Waals surface area contributed by atoms with Crippen molar-refractivity contribution in [1.29, 1.82) is 0 Å². The summed E-state index contributed by atoms with van der Waals surface area (Å²) in [6.07, 6.45) is 4.31. The minimum atomic E-state index is 0. The van der Waals surface area contributed by atoms with Crippen molar-refractivity contribution in [2.75, 3.05) is 0 Å². The van der Waals surface area contributed by atoms with Crippen LogP contribution in [0.4, 0.5) is 0 Å². The number of allylic oxidation sites excluding steroid dienone is 1. The van der Waals surface area contributed by atoms with E-state index in [1.807, 2.05) is 6.08 Å². The van der Waals surface area contributed by atoms with Crippen LogP contribution in [0.5, 0.6) is 0 Å². The zero-order chi connectivity index (χ0) is 4.12. The summed E-state index contributed by atoms with van der Waals surface area (Å²) in [5.41, 5.74) is 0. The van der Waals surface area contributed by atoms with Crippen molar-refractivity contribution in [2.45, 2.75) is 19.8 Å². The Morgan fingerprint density at radius 1 is 1.67 bits per heavy atom. The van der Waals surface area contributed by atoms with Crippen molar-refractivity contribution in [3.8, 4) is 0 Å². The van der Waals surface area contributed by atoms with E-state index in [1.165, 1.54) is 6.42 Å². The molecule has 0 aromatic carbocycles. The Kier molecular flexibility index (Phi) is 14.6. The second-order valence-corrected chi connectivity index (χ2v) is 1.08. The first-order valence-electron chi connectivity index (χ1n) is 2.02. The van der Waals surface area contributed by atoms with E-state index >= 15 is 0 Å². The average molecular weight is 265 g/mol. The summed E-state index contributed by atoms with van der Waals surface area (Å²) in [5.74, 6) is 0. The van der Waals surface area contributed by atoms with Gasteiger partial charge in [0.2, 0.25) is 0 Å². The second kappa shape index (κ2) is 9.06. The van der Waals surface area contributed by atoms with Crippen LogP contribution in [-0.4, -0.2) is 0 Å². The van der Waals surface area contributed by atoms with E-state index in [9.17, 15) is 0 Å². The van der Waals surface area contributed by atoms with Gasteiger partial charge in [-0.2, -0.15) is 0 Å². The molecule has 0 heterocycles. The van der Waals surface area contributed by atoms with Crippen molar-refractivity contribution in [3.05, 3.63) is 12.7 Å². The van der Waals surface area contributed by atoms with Crippen LogP contribution in [0.1, 0.15) is 19.8 Å². The van der Waals surface area contributed by atoms with E-state index in [4.69, 9.17) is 0 Å². The zero-order valence-electron chi connectivity index (χ0n) is 4.01. The van der Waals surface area contributed by atoms with Crippen molar-refractivity contribution in [2.24, 2.45) is 0 Å². The van der Waals surface area contributed by atoms with E-state index < -0.39 is 0 Å². The molecule has 0 atom stereocenters. The van der Waals surface area contributed by atoms with E-state index in [2.05, 4.69) is 13.5 Å². The van der Waals surface area contributed by atoms with E-state index in [-0.39, 0.29) is 21.1 Å². The molecule has 40 valence electrons. The molecular formula is C5H10Pt. The van der Waals surface area contributed by atoms with Gasteiger partial charge in [0, 0.05) is 21.1 Å². The first-order valence-corrected chi connectivity index (χ1v) is 2.02. The second-order valence-electron chi connectivity index (χ2n) is 1.08. The van der Waals surface area contributed by atoms with E-state index in [0.717, 1.165) is 6.42 Å². The van der Waals surface area contributed by atoms with Gasteiger partial charge in [0.15, 0.2) is 0 Å². The smallest absolute Gasteiger partial charge is 0 e. The van der Waals surface area contributed by atoms with Crippen LogP contribution in [0, 0.1) is 0 Å².